The number of aliphatic hydroxyl groups excluding tert-OH is 1. The van der Waals surface area contributed by atoms with Crippen LogP contribution >= 0.6 is 0 Å². The zero-order valence-corrected chi connectivity index (χ0v) is 9.64. The zero-order valence-electron chi connectivity index (χ0n) is 9.64. The summed E-state index contributed by atoms with van der Waals surface area (Å²) in [5, 5.41) is 8.67. The maximum absolute atomic E-state index is 11.4. The summed E-state index contributed by atoms with van der Waals surface area (Å²) in [7, 11) is 3.33. The van der Waals surface area contributed by atoms with Gasteiger partial charge in [0.05, 0.1) is 13.7 Å². The van der Waals surface area contributed by atoms with Gasteiger partial charge in [-0.25, -0.2) is 0 Å². The van der Waals surface area contributed by atoms with E-state index < -0.39 is 0 Å². The van der Waals surface area contributed by atoms with Crippen molar-refractivity contribution in [2.45, 2.75) is 13.0 Å². The van der Waals surface area contributed by atoms with Crippen LogP contribution in [0.5, 0.6) is 5.75 Å². The van der Waals surface area contributed by atoms with Gasteiger partial charge in [-0.1, -0.05) is 12.1 Å². The Balaban J connectivity index is 2.61. The van der Waals surface area contributed by atoms with Crippen molar-refractivity contribution < 1.29 is 14.6 Å². The van der Waals surface area contributed by atoms with E-state index in [1.807, 2.05) is 24.3 Å². The van der Waals surface area contributed by atoms with E-state index in [4.69, 9.17) is 9.84 Å². The zero-order chi connectivity index (χ0) is 12.0. The first kappa shape index (κ1) is 12.5. The number of carbonyl (C=O) groups excluding carboxylic acids is 1. The van der Waals surface area contributed by atoms with Crippen molar-refractivity contribution in [1.82, 2.24) is 4.90 Å². The van der Waals surface area contributed by atoms with Crippen molar-refractivity contribution >= 4 is 5.91 Å². The Labute approximate surface area is 95.5 Å². The summed E-state index contributed by atoms with van der Waals surface area (Å²) in [6.07, 6.45) is 0.167. The summed E-state index contributed by atoms with van der Waals surface area (Å²) < 4.78 is 5.10. The average Bonchev–Trinajstić information content (AvgIpc) is 2.29. The minimum Gasteiger partial charge on any atom is -0.497 e. The summed E-state index contributed by atoms with van der Waals surface area (Å²) >= 11 is 0. The second-order valence-electron chi connectivity index (χ2n) is 3.57. The lowest BCUT2D eigenvalue weighted by atomic mass is 10.2. The Kier molecular flexibility index (Phi) is 4.79. The summed E-state index contributed by atoms with van der Waals surface area (Å²) in [6, 6.07) is 7.57. The van der Waals surface area contributed by atoms with Gasteiger partial charge in [-0.05, 0) is 17.7 Å². The molecule has 0 atom stereocenters. The van der Waals surface area contributed by atoms with E-state index in [-0.39, 0.29) is 18.9 Å². The lowest BCUT2D eigenvalue weighted by molar-refractivity contribution is -0.131. The number of benzene rings is 1. The van der Waals surface area contributed by atoms with E-state index in [1.165, 1.54) is 0 Å². The van der Waals surface area contributed by atoms with E-state index in [0.717, 1.165) is 11.3 Å². The maximum Gasteiger partial charge on any atom is 0.224 e. The van der Waals surface area contributed by atoms with Gasteiger partial charge in [0.15, 0.2) is 0 Å². The molecule has 0 heterocycles. The third kappa shape index (κ3) is 3.55. The number of amides is 1. The quantitative estimate of drug-likeness (QED) is 0.811. The molecule has 1 aromatic carbocycles. The van der Waals surface area contributed by atoms with Gasteiger partial charge in [0.1, 0.15) is 5.75 Å². The molecule has 0 saturated heterocycles. The molecule has 4 nitrogen and oxygen atoms in total. The highest BCUT2D eigenvalue weighted by Crippen LogP contribution is 2.13. The van der Waals surface area contributed by atoms with Crippen LogP contribution in [0, 0.1) is 0 Å². The largest absolute Gasteiger partial charge is 0.497 e. The summed E-state index contributed by atoms with van der Waals surface area (Å²) in [4.78, 5) is 13.0. The molecule has 1 rings (SSSR count). The predicted molar refractivity (Wildman–Crippen MR) is 61.2 cm³/mol. The highest BCUT2D eigenvalue weighted by atomic mass is 16.5. The van der Waals surface area contributed by atoms with E-state index in [0.29, 0.717) is 6.54 Å². The lowest BCUT2D eigenvalue weighted by Gasteiger charge is -2.17. The molecule has 0 spiro atoms. The Bertz CT molecular complexity index is 352. The Hall–Kier alpha value is -1.55. The molecule has 16 heavy (non-hydrogen) atoms. The third-order valence-corrected chi connectivity index (χ3v) is 2.31. The fraction of sp³-hybridized carbons (Fsp3) is 0.417. The van der Waals surface area contributed by atoms with Gasteiger partial charge in [0.2, 0.25) is 5.91 Å². The van der Waals surface area contributed by atoms with Gasteiger partial charge in [-0.2, -0.15) is 0 Å². The topological polar surface area (TPSA) is 49.8 Å². The number of ether oxygens (including phenoxy) is 1. The molecule has 88 valence electrons. The number of aliphatic hydroxyl groups is 1. The number of methoxy groups -OCH3 is 1. The van der Waals surface area contributed by atoms with Gasteiger partial charge in [-0.3, -0.25) is 4.79 Å². The first-order valence-electron chi connectivity index (χ1n) is 5.15. The first-order valence-corrected chi connectivity index (χ1v) is 5.15. The van der Waals surface area contributed by atoms with Crippen molar-refractivity contribution in [3.8, 4) is 5.75 Å². The summed E-state index contributed by atoms with van der Waals surface area (Å²) in [5.41, 5.74) is 1.01. The van der Waals surface area contributed by atoms with E-state index in [9.17, 15) is 4.79 Å². The summed E-state index contributed by atoms with van der Waals surface area (Å²) in [6.45, 7) is 0.414. The molecule has 0 unspecified atom stereocenters. The van der Waals surface area contributed by atoms with Gasteiger partial charge in [-0.15, -0.1) is 0 Å². The van der Waals surface area contributed by atoms with Crippen LogP contribution in [-0.2, 0) is 11.3 Å². The molecule has 0 aromatic heterocycles. The number of nitrogens with zero attached hydrogens (tertiary/aromatic N) is 1. The van der Waals surface area contributed by atoms with E-state index in [2.05, 4.69) is 0 Å². The molecule has 0 saturated carbocycles. The van der Waals surface area contributed by atoms with Crippen LogP contribution in [0.1, 0.15) is 12.0 Å². The van der Waals surface area contributed by atoms with E-state index >= 15 is 0 Å². The molecule has 0 aliphatic rings. The molecule has 0 bridgehead atoms. The fourth-order valence-corrected chi connectivity index (χ4v) is 1.42. The van der Waals surface area contributed by atoms with Crippen LogP contribution in [0.4, 0.5) is 0 Å². The lowest BCUT2D eigenvalue weighted by Crippen LogP contribution is -2.26. The molecular weight excluding hydrogens is 206 g/mol. The SMILES string of the molecule is COc1cccc(CN(C)C(=O)CCO)c1. The smallest absolute Gasteiger partial charge is 0.224 e. The minimum atomic E-state index is -0.110. The number of carbonyl (C=O) groups is 1. The van der Waals surface area contributed by atoms with Crippen LogP contribution in [-0.4, -0.2) is 36.7 Å². The van der Waals surface area contributed by atoms with Gasteiger partial charge in [0, 0.05) is 20.0 Å². The van der Waals surface area contributed by atoms with E-state index in [1.54, 1.807) is 19.1 Å². The Morgan fingerprint density at radius 2 is 2.25 bits per heavy atom. The second kappa shape index (κ2) is 6.12. The van der Waals surface area contributed by atoms with Crippen molar-refractivity contribution in [3.05, 3.63) is 29.8 Å². The van der Waals surface area contributed by atoms with Crippen LogP contribution < -0.4 is 4.74 Å². The highest BCUT2D eigenvalue weighted by Gasteiger charge is 2.08. The second-order valence-corrected chi connectivity index (χ2v) is 3.57. The maximum atomic E-state index is 11.4. The molecule has 1 amide bonds. The molecular formula is C12H17NO3. The predicted octanol–water partition coefficient (Wildman–Crippen LogP) is 1.04. The molecule has 0 aliphatic carbocycles. The summed E-state index contributed by atoms with van der Waals surface area (Å²) in [5.74, 6) is 0.714. The average molecular weight is 223 g/mol. The van der Waals surface area contributed by atoms with Crippen molar-refractivity contribution in [1.29, 1.82) is 0 Å². The highest BCUT2D eigenvalue weighted by molar-refractivity contribution is 5.75. The Morgan fingerprint density at radius 3 is 2.88 bits per heavy atom. The molecule has 4 heteroatoms. The molecule has 0 radical (unpaired) electrons. The van der Waals surface area contributed by atoms with Crippen molar-refractivity contribution in [3.63, 3.8) is 0 Å². The monoisotopic (exact) mass is 223 g/mol. The van der Waals surface area contributed by atoms with Gasteiger partial charge in [0.25, 0.3) is 0 Å². The number of rotatable bonds is 5. The minimum absolute atomic E-state index is 0.0645. The molecule has 0 aliphatic heterocycles. The number of hydrogen-bond donors (Lipinski definition) is 1. The van der Waals surface area contributed by atoms with Crippen LogP contribution in [0.25, 0.3) is 0 Å². The molecule has 0 fully saturated rings. The first-order chi connectivity index (χ1) is 7.67. The van der Waals surface area contributed by atoms with Gasteiger partial charge < -0.3 is 14.7 Å². The number of hydrogen-bond acceptors (Lipinski definition) is 3. The van der Waals surface area contributed by atoms with Crippen LogP contribution in [0.3, 0.4) is 0 Å². The molecule has 1 aromatic rings. The standard InChI is InChI=1S/C12H17NO3/c1-13(12(15)6-7-14)9-10-4-3-5-11(8-10)16-2/h3-5,8,14H,6-7,9H2,1-2H3. The van der Waals surface area contributed by atoms with Crippen molar-refractivity contribution in [2.75, 3.05) is 20.8 Å². The third-order valence-electron chi connectivity index (χ3n) is 2.31. The van der Waals surface area contributed by atoms with Crippen LogP contribution in [0.2, 0.25) is 0 Å². The normalized spacial score (nSPS) is 9.94. The Morgan fingerprint density at radius 1 is 1.50 bits per heavy atom. The molecule has 1 N–H and O–H groups in total. The van der Waals surface area contributed by atoms with Crippen LogP contribution in [0.15, 0.2) is 24.3 Å². The van der Waals surface area contributed by atoms with Crippen molar-refractivity contribution in [2.24, 2.45) is 0 Å². The van der Waals surface area contributed by atoms with Gasteiger partial charge >= 0.3 is 0 Å². The fourth-order valence-electron chi connectivity index (χ4n) is 1.42.